The van der Waals surface area contributed by atoms with E-state index in [9.17, 15) is 48.9 Å². The number of aromatic carboxylic acids is 3. The maximum atomic E-state index is 13.2. The van der Waals surface area contributed by atoms with Gasteiger partial charge in [-0.25, -0.2) is 14.4 Å². The molecule has 6 aromatic heterocycles. The van der Waals surface area contributed by atoms with E-state index >= 15 is 0 Å². The van der Waals surface area contributed by atoms with E-state index in [0.29, 0.717) is 83.0 Å². The lowest BCUT2D eigenvalue weighted by molar-refractivity contribution is -0.134. The molecule has 0 saturated heterocycles. The first-order chi connectivity index (χ1) is 54.5. The summed E-state index contributed by atoms with van der Waals surface area (Å²) in [6.07, 6.45) is 5.78. The van der Waals surface area contributed by atoms with Crippen molar-refractivity contribution >= 4 is 41.5 Å². The highest BCUT2D eigenvalue weighted by Crippen LogP contribution is 2.39. The lowest BCUT2D eigenvalue weighted by Crippen LogP contribution is -2.34. The van der Waals surface area contributed by atoms with Gasteiger partial charge in [0.05, 0.1) is 138 Å². The minimum Gasteiger partial charge on any atom is -0.478 e. The molecule has 0 saturated carbocycles. The Hall–Kier alpha value is -13.4. The number of H-pyrrole nitrogens is 4. The van der Waals surface area contributed by atoms with Crippen molar-refractivity contribution < 1.29 is 64.2 Å². The van der Waals surface area contributed by atoms with E-state index < -0.39 is 35.7 Å². The zero-order valence-electron chi connectivity index (χ0n) is 60.7. The highest BCUT2D eigenvalue weighted by Gasteiger charge is 2.38. The topological polar surface area (TPSA) is 420 Å². The van der Waals surface area contributed by atoms with Crippen LogP contribution in [-0.4, -0.2) is 169 Å². The van der Waals surface area contributed by atoms with Crippen molar-refractivity contribution in [1.29, 1.82) is 0 Å². The number of hydrogen-bond acceptors (Lipinski definition) is 17. The van der Waals surface area contributed by atoms with E-state index in [1.54, 1.807) is 87.8 Å². The predicted octanol–water partition coefficient (Wildman–Crippen LogP) is 9.80. The fraction of sp³-hybridized carbons (Fsp3) is 0.226. The van der Waals surface area contributed by atoms with E-state index in [1.807, 2.05) is 132 Å². The van der Waals surface area contributed by atoms with Crippen molar-refractivity contribution in [1.82, 2.24) is 70.4 Å². The van der Waals surface area contributed by atoms with Crippen LogP contribution in [0.15, 0.2) is 213 Å². The van der Waals surface area contributed by atoms with Gasteiger partial charge in [0.25, 0.3) is 0 Å². The van der Waals surface area contributed by atoms with Crippen LogP contribution in [0.25, 0.3) is 45.2 Å². The molecule has 10 heterocycles. The second-order valence-corrected chi connectivity index (χ2v) is 27.3. The molecule has 0 aliphatic carbocycles. The summed E-state index contributed by atoms with van der Waals surface area (Å²) in [5, 5.41) is 85.0. The molecule has 16 rings (SSSR count). The van der Waals surface area contributed by atoms with Crippen LogP contribution in [0.1, 0.15) is 141 Å². The first-order valence-corrected chi connectivity index (χ1v) is 36.4. The summed E-state index contributed by atoms with van der Waals surface area (Å²) in [5.74, 6) is -4.62. The van der Waals surface area contributed by atoms with Crippen molar-refractivity contribution in [3.05, 3.63) is 297 Å². The first-order valence-electron chi connectivity index (χ1n) is 36.4. The molecule has 12 aromatic rings. The molecule has 12 N–H and O–H groups in total. The minimum atomic E-state index is -1.04. The number of nitrogens with one attached hydrogen (secondary N) is 4. The molecular weight excluding hydrogens is 1430 g/mol. The Morgan fingerprint density at radius 2 is 0.661 bits per heavy atom. The number of aromatic nitrogens is 10. The van der Waals surface area contributed by atoms with Gasteiger partial charge in [0.2, 0.25) is 23.6 Å². The third kappa shape index (κ3) is 17.0. The predicted molar refractivity (Wildman–Crippen MR) is 410 cm³/mol. The summed E-state index contributed by atoms with van der Waals surface area (Å²) >= 11 is 0. The molecule has 4 amide bonds. The molecule has 4 aliphatic heterocycles. The highest BCUT2D eigenvalue weighted by atomic mass is 16.4. The number of aliphatic hydroxyl groups is 3. The summed E-state index contributed by atoms with van der Waals surface area (Å²) in [5.41, 5.74) is 23.6. The Morgan fingerprint density at radius 3 is 0.973 bits per heavy atom. The highest BCUT2D eigenvalue weighted by molar-refractivity contribution is 5.91. The minimum absolute atomic E-state index is 0.0126. The molecule has 570 valence electrons. The van der Waals surface area contributed by atoms with Crippen molar-refractivity contribution in [2.24, 2.45) is 5.73 Å². The standard InChI is InChI=1S/C22H21N3O4.C21H20N4O4.C21H21N3O2.C20H19N5O3/c26-11-10-17(14-4-2-1-3-5-14)21(27)25-12-18-19(13-25)23-24-20(18)15-6-8-16(9-7-15)22(28)29;26-9-8-15(13-4-2-1-3-5-13)20(27)25-11-16-18(12-25)23-24-19(16)17-7-6-14(10-22-17)21(28)29;25-12-11-17(15-7-3-1-4-8-15)21(26)24-13-18-19(14-24)22-23-20(18)16-9-5-2-6-10-16;21-8-15(14-2-1-7-22-9-14)19(26)25-10-16-17(11-25)23-24-18(16)12-3-5-13(6-4-12)20(27)28/h1-9,17,26H,10-13H2,(H,23,24)(H,28,29);1-7,10,15,26H,8-9,11-12H2,(H,23,24)(H,28,29);1-10,17,25H,11-14H2,(H,22,23);1-7,9,15H,8,10-11,21H2,(H,23,24)(H,27,28). The van der Waals surface area contributed by atoms with Gasteiger partial charge in [-0.15, -0.1) is 0 Å². The van der Waals surface area contributed by atoms with Gasteiger partial charge in [-0.1, -0.05) is 152 Å². The summed E-state index contributed by atoms with van der Waals surface area (Å²) in [4.78, 5) is 101. The quantitative estimate of drug-likeness (QED) is 0.0300. The number of rotatable bonds is 22. The summed E-state index contributed by atoms with van der Waals surface area (Å²) in [6.45, 7) is 3.65. The number of fused-ring (bicyclic) bond motifs is 4. The average Bonchev–Trinajstić information content (AvgIpc) is 1.65. The molecule has 6 aromatic carbocycles. The van der Waals surface area contributed by atoms with Gasteiger partial charge in [0.15, 0.2) is 0 Å². The molecule has 0 bridgehead atoms. The number of carboxylic acids is 3. The summed E-state index contributed by atoms with van der Waals surface area (Å²) in [7, 11) is 0. The Bertz CT molecular complexity index is 5110. The Balaban J connectivity index is 0.000000131. The number of carbonyl (C=O) groups excluding carboxylic acids is 4. The van der Waals surface area contributed by atoms with Gasteiger partial charge in [-0.2, -0.15) is 20.4 Å². The number of nitrogens with two attached hydrogens (primary N) is 1. The lowest BCUT2D eigenvalue weighted by Gasteiger charge is -2.23. The van der Waals surface area contributed by atoms with Gasteiger partial charge < -0.3 is 56.0 Å². The molecule has 0 spiro atoms. The van der Waals surface area contributed by atoms with Crippen LogP contribution in [0.2, 0.25) is 0 Å². The number of carbonyl (C=O) groups is 7. The van der Waals surface area contributed by atoms with Crippen molar-refractivity contribution in [2.75, 3.05) is 26.4 Å². The number of carboxylic acid groups (broad SMARTS) is 3. The smallest absolute Gasteiger partial charge is 0.337 e. The fourth-order valence-electron chi connectivity index (χ4n) is 14.5. The van der Waals surface area contributed by atoms with Gasteiger partial charge >= 0.3 is 17.9 Å². The molecule has 4 atom stereocenters. The zero-order chi connectivity index (χ0) is 78.4. The number of benzene rings is 6. The molecule has 112 heavy (non-hydrogen) atoms. The Morgan fingerprint density at radius 1 is 0.348 bits per heavy atom. The molecule has 0 radical (unpaired) electrons. The SMILES string of the molecule is NCC(C(=O)N1Cc2[nH]nc(-c3ccc(C(=O)O)cc3)c2C1)c1cccnc1.O=C(C(CCO)c1ccccc1)N1Cc2[nH]nc(-c3ccccc3)c2C1.O=C(O)c1ccc(-c2n[nH]c3c2CN(C(=O)C(CCO)c2ccccc2)C3)cc1.O=C(O)c1ccc(-c2n[nH]c3c2CN(C(=O)C(CCO)c2ccccc2)C3)nc1. The van der Waals surface area contributed by atoms with Crippen molar-refractivity contribution in [2.45, 2.75) is 95.3 Å². The molecular formula is C84H81N15O13. The van der Waals surface area contributed by atoms with Crippen LogP contribution in [0.4, 0.5) is 0 Å². The van der Waals surface area contributed by atoms with Gasteiger partial charge in [-0.3, -0.25) is 49.5 Å². The lowest BCUT2D eigenvalue weighted by atomic mass is 9.94. The maximum absolute atomic E-state index is 13.2. The van der Waals surface area contributed by atoms with E-state index in [1.165, 1.54) is 12.3 Å². The zero-order valence-corrected chi connectivity index (χ0v) is 60.7. The van der Waals surface area contributed by atoms with Crippen LogP contribution < -0.4 is 5.73 Å². The van der Waals surface area contributed by atoms with Crippen LogP contribution in [-0.2, 0) is 71.5 Å². The summed E-state index contributed by atoms with van der Waals surface area (Å²) < 4.78 is 0. The molecule has 0 fully saturated rings. The summed E-state index contributed by atoms with van der Waals surface area (Å²) in [6, 6.07) is 58.5. The maximum Gasteiger partial charge on any atom is 0.337 e. The van der Waals surface area contributed by atoms with Crippen LogP contribution in [0.5, 0.6) is 0 Å². The molecule has 28 heteroatoms. The normalized spacial score (nSPS) is 14.0. The van der Waals surface area contributed by atoms with Crippen LogP contribution in [0.3, 0.4) is 0 Å². The largest absolute Gasteiger partial charge is 0.478 e. The van der Waals surface area contributed by atoms with E-state index in [2.05, 4.69) is 50.8 Å². The van der Waals surface area contributed by atoms with E-state index in [4.69, 9.17) is 21.1 Å². The molecule has 4 unspecified atom stereocenters. The fourth-order valence-corrected chi connectivity index (χ4v) is 14.5. The number of amides is 4. The third-order valence-electron chi connectivity index (χ3n) is 20.3. The number of aliphatic hydroxyl groups excluding tert-OH is 3. The number of hydrogen-bond donors (Lipinski definition) is 11. The molecule has 4 aliphatic rings. The van der Waals surface area contributed by atoms with Crippen LogP contribution >= 0.6 is 0 Å². The monoisotopic (exact) mass is 1510 g/mol. The first kappa shape index (κ1) is 76.8. The second kappa shape index (κ2) is 35.3. The van der Waals surface area contributed by atoms with Gasteiger partial charge in [0.1, 0.15) is 5.69 Å². The van der Waals surface area contributed by atoms with Crippen molar-refractivity contribution in [3.63, 3.8) is 0 Å². The number of nitrogens with zero attached hydrogens (tertiary/aromatic N) is 10. The second-order valence-electron chi connectivity index (χ2n) is 27.3. The number of aromatic amines is 4. The Kier molecular flexibility index (Phi) is 24.2. The van der Waals surface area contributed by atoms with Gasteiger partial charge in [-0.05, 0) is 84.0 Å². The third-order valence-corrected chi connectivity index (χ3v) is 20.3. The van der Waals surface area contributed by atoms with Crippen LogP contribution in [0, 0.1) is 0 Å². The van der Waals surface area contributed by atoms with E-state index in [0.717, 1.165) is 101 Å². The van der Waals surface area contributed by atoms with Crippen molar-refractivity contribution in [3.8, 4) is 45.2 Å². The number of pyridine rings is 2. The Labute approximate surface area is 642 Å². The van der Waals surface area contributed by atoms with E-state index in [-0.39, 0.29) is 72.6 Å². The molecule has 28 nitrogen and oxygen atoms in total. The van der Waals surface area contributed by atoms with Gasteiger partial charge in [0, 0.05) is 83.9 Å². The average molecular weight is 1510 g/mol.